The summed E-state index contributed by atoms with van der Waals surface area (Å²) in [4.78, 5) is 26.2. The summed E-state index contributed by atoms with van der Waals surface area (Å²) >= 11 is 1.49. The van der Waals surface area contributed by atoms with Gasteiger partial charge in [0, 0.05) is 23.0 Å². The molecule has 43 heavy (non-hydrogen) atoms. The number of carbonyl (C=O) groups excluding carboxylic acids is 1. The summed E-state index contributed by atoms with van der Waals surface area (Å²) in [6.07, 6.45) is 2.52. The van der Waals surface area contributed by atoms with E-state index in [-0.39, 0.29) is 4.90 Å². The van der Waals surface area contributed by atoms with Crippen molar-refractivity contribution in [1.29, 1.82) is 0 Å². The highest BCUT2D eigenvalue weighted by Crippen LogP contribution is 2.32. The number of anilines is 5. The van der Waals surface area contributed by atoms with Crippen molar-refractivity contribution in [1.82, 2.24) is 18.9 Å². The lowest BCUT2D eigenvalue weighted by molar-refractivity contribution is 0.0636. The molecule has 0 radical (unpaired) electrons. The van der Waals surface area contributed by atoms with E-state index in [4.69, 9.17) is 9.72 Å². The molecule has 0 aliphatic carbocycles. The highest BCUT2D eigenvalue weighted by atomic mass is 32.2. The molecule has 6 rings (SSSR count). The zero-order valence-electron chi connectivity index (χ0n) is 23.4. The minimum Gasteiger partial charge on any atom is -0.444 e. The first-order valence-corrected chi connectivity index (χ1v) is 15.5. The van der Waals surface area contributed by atoms with Crippen molar-refractivity contribution in [3.05, 3.63) is 90.6 Å². The number of carbonyl (C=O) groups is 1. The largest absolute Gasteiger partial charge is 0.444 e. The van der Waals surface area contributed by atoms with Gasteiger partial charge in [-0.25, -0.2) is 27.2 Å². The number of rotatable bonds is 7. The monoisotopic (exact) mass is 613 g/mol. The fraction of sp³-hybridized carbons (Fsp3) is 0.133. The molecule has 0 spiro atoms. The lowest BCUT2D eigenvalue weighted by Gasteiger charge is -2.19. The number of thiophene rings is 1. The summed E-state index contributed by atoms with van der Waals surface area (Å²) in [7, 11) is -3.79. The number of fused-ring (bicyclic) bond motifs is 2. The van der Waals surface area contributed by atoms with Crippen LogP contribution in [-0.4, -0.2) is 39.0 Å². The second-order valence-corrected chi connectivity index (χ2v) is 13.3. The molecule has 0 bridgehead atoms. The van der Waals surface area contributed by atoms with E-state index in [0.717, 1.165) is 10.2 Å². The van der Waals surface area contributed by atoms with Crippen LogP contribution in [0.1, 0.15) is 20.8 Å². The second kappa shape index (κ2) is 11.0. The molecule has 0 aliphatic heterocycles. The summed E-state index contributed by atoms with van der Waals surface area (Å²) in [5.41, 5.74) is 2.29. The van der Waals surface area contributed by atoms with E-state index in [1.807, 2.05) is 23.6 Å². The maximum Gasteiger partial charge on any atom is 0.412 e. The minimum absolute atomic E-state index is 0.184. The topological polar surface area (TPSA) is 140 Å². The van der Waals surface area contributed by atoms with E-state index in [1.165, 1.54) is 21.5 Å². The summed E-state index contributed by atoms with van der Waals surface area (Å²) < 4.78 is 33.7. The quantitative estimate of drug-likeness (QED) is 0.172. The summed E-state index contributed by atoms with van der Waals surface area (Å²) in [6, 6.07) is 20.8. The van der Waals surface area contributed by atoms with Crippen molar-refractivity contribution >= 4 is 77.5 Å². The Morgan fingerprint density at radius 1 is 0.907 bits per heavy atom. The average molecular weight is 614 g/mol. The molecule has 0 fully saturated rings. The van der Waals surface area contributed by atoms with Gasteiger partial charge in [0.25, 0.3) is 10.0 Å². The third-order valence-electron chi connectivity index (χ3n) is 6.12. The maximum absolute atomic E-state index is 13.2. The van der Waals surface area contributed by atoms with Crippen LogP contribution in [0.15, 0.2) is 95.5 Å². The van der Waals surface area contributed by atoms with Crippen molar-refractivity contribution in [2.45, 2.75) is 31.3 Å². The number of nitrogens with zero attached hydrogens (tertiary/aromatic N) is 4. The summed E-state index contributed by atoms with van der Waals surface area (Å²) in [5.74, 6) is 0.903. The maximum atomic E-state index is 13.2. The molecule has 0 saturated carbocycles. The molecule has 218 valence electrons. The van der Waals surface area contributed by atoms with E-state index >= 15 is 0 Å². The van der Waals surface area contributed by atoms with Gasteiger partial charge in [-0.05, 0) is 74.7 Å². The number of amides is 1. The molecule has 6 aromatic rings. The number of aromatic nitrogens is 4. The number of benzene rings is 2. The van der Waals surface area contributed by atoms with Gasteiger partial charge in [-0.1, -0.05) is 24.3 Å². The fourth-order valence-corrected chi connectivity index (χ4v) is 6.44. The van der Waals surface area contributed by atoms with Gasteiger partial charge in [0.05, 0.1) is 27.0 Å². The molecular weight excluding hydrogens is 587 g/mol. The first kappa shape index (κ1) is 28.1. The van der Waals surface area contributed by atoms with Gasteiger partial charge in [0.1, 0.15) is 5.60 Å². The Kier molecular flexibility index (Phi) is 7.20. The smallest absolute Gasteiger partial charge is 0.412 e. The van der Waals surface area contributed by atoms with Gasteiger partial charge in [-0.3, -0.25) is 5.32 Å². The predicted octanol–water partition coefficient (Wildman–Crippen LogP) is 7.11. The van der Waals surface area contributed by atoms with Crippen LogP contribution in [0.3, 0.4) is 0 Å². The molecule has 3 N–H and O–H groups in total. The van der Waals surface area contributed by atoms with Crippen molar-refractivity contribution in [2.75, 3.05) is 16.0 Å². The van der Waals surface area contributed by atoms with Gasteiger partial charge in [-0.2, -0.15) is 4.98 Å². The lowest BCUT2D eigenvalue weighted by atomic mass is 10.2. The van der Waals surface area contributed by atoms with Crippen LogP contribution < -0.4 is 16.0 Å². The number of hydrogen-bond acceptors (Lipinski definition) is 10. The van der Waals surface area contributed by atoms with E-state index in [9.17, 15) is 13.2 Å². The highest BCUT2D eigenvalue weighted by molar-refractivity contribution is 7.90. The third-order valence-corrected chi connectivity index (χ3v) is 8.71. The van der Waals surface area contributed by atoms with Gasteiger partial charge in [0.2, 0.25) is 5.95 Å². The summed E-state index contributed by atoms with van der Waals surface area (Å²) in [6.45, 7) is 5.40. The molecule has 1 amide bonds. The van der Waals surface area contributed by atoms with Gasteiger partial charge in [0.15, 0.2) is 11.5 Å². The van der Waals surface area contributed by atoms with Crippen LogP contribution >= 0.6 is 11.3 Å². The zero-order chi connectivity index (χ0) is 30.2. The molecular formula is C30H27N7O4S2. The molecule has 4 heterocycles. The highest BCUT2D eigenvalue weighted by Gasteiger charge is 2.20. The van der Waals surface area contributed by atoms with Crippen LogP contribution in [0.5, 0.6) is 0 Å². The number of ether oxygens (including phenoxy) is 1. The van der Waals surface area contributed by atoms with E-state index < -0.39 is 21.7 Å². The van der Waals surface area contributed by atoms with Crippen molar-refractivity contribution in [3.8, 4) is 0 Å². The molecule has 11 nitrogen and oxygen atoms in total. The van der Waals surface area contributed by atoms with Crippen LogP contribution in [0.4, 0.5) is 33.6 Å². The Labute approximate surface area is 251 Å². The van der Waals surface area contributed by atoms with Gasteiger partial charge in [-0.15, -0.1) is 11.3 Å². The van der Waals surface area contributed by atoms with E-state index in [2.05, 4.69) is 25.9 Å². The normalized spacial score (nSPS) is 11.9. The van der Waals surface area contributed by atoms with Crippen molar-refractivity contribution in [2.24, 2.45) is 0 Å². The Morgan fingerprint density at radius 2 is 1.70 bits per heavy atom. The van der Waals surface area contributed by atoms with Crippen molar-refractivity contribution in [3.63, 3.8) is 0 Å². The van der Waals surface area contributed by atoms with E-state index in [1.54, 1.807) is 81.6 Å². The van der Waals surface area contributed by atoms with Crippen LogP contribution in [0, 0.1) is 0 Å². The Morgan fingerprint density at radius 3 is 2.49 bits per heavy atom. The fourth-order valence-electron chi connectivity index (χ4n) is 4.33. The molecule has 2 aromatic carbocycles. The predicted molar refractivity (Wildman–Crippen MR) is 169 cm³/mol. The van der Waals surface area contributed by atoms with Gasteiger partial charge < -0.3 is 15.4 Å². The van der Waals surface area contributed by atoms with Crippen LogP contribution in [0.25, 0.3) is 21.3 Å². The van der Waals surface area contributed by atoms with E-state index in [0.29, 0.717) is 39.9 Å². The number of pyridine rings is 1. The molecule has 0 aliphatic rings. The van der Waals surface area contributed by atoms with Crippen molar-refractivity contribution < 1.29 is 17.9 Å². The van der Waals surface area contributed by atoms with Crippen LogP contribution in [-0.2, 0) is 14.8 Å². The molecule has 0 unspecified atom stereocenters. The number of hydrogen-bond donors (Lipinski definition) is 3. The lowest BCUT2D eigenvalue weighted by Crippen LogP contribution is -2.27. The molecule has 0 atom stereocenters. The molecule has 0 saturated heterocycles. The molecule has 4 aromatic heterocycles. The SMILES string of the molecule is CC(C)(C)OC(=O)Nc1cccc(Nc2nc(Nc3cnc4c(ccn4S(=O)(=O)c4ccccc4)c3)c3sccc3n2)c1. The summed E-state index contributed by atoms with van der Waals surface area (Å²) in [5, 5.41) is 11.8. The average Bonchev–Trinajstić information content (AvgIpc) is 3.60. The Balaban J connectivity index is 1.25. The zero-order valence-corrected chi connectivity index (χ0v) is 25.0. The Hall–Kier alpha value is -5.01. The first-order chi connectivity index (χ1) is 20.5. The standard InChI is InChI=1S/C30H27N7O4S2/c1-30(2,3)41-29(38)34-21-9-7-8-20(17-21)33-28-35-24-13-15-42-25(24)26(36-28)32-22-16-19-12-14-37(27(19)31-18-22)43(39,40)23-10-5-4-6-11-23/h4-18H,1-3H3,(H,34,38)(H2,32,33,35,36). The minimum atomic E-state index is -3.79. The van der Waals surface area contributed by atoms with Crippen LogP contribution in [0.2, 0.25) is 0 Å². The first-order valence-electron chi connectivity index (χ1n) is 13.2. The third kappa shape index (κ3) is 6.12. The second-order valence-electron chi connectivity index (χ2n) is 10.6. The number of nitrogens with one attached hydrogen (secondary N) is 3. The molecule has 13 heteroatoms. The van der Waals surface area contributed by atoms with Gasteiger partial charge >= 0.3 is 6.09 Å². The Bertz CT molecular complexity index is 2070.